The average molecular weight is 1090 g/mol. The molecule has 74 heavy (non-hydrogen) atoms. The van der Waals surface area contributed by atoms with Crippen molar-refractivity contribution in [1.82, 2.24) is 19.8 Å². The van der Waals surface area contributed by atoms with Crippen molar-refractivity contribution in [1.29, 1.82) is 0 Å². The van der Waals surface area contributed by atoms with Crippen LogP contribution in [0.4, 0.5) is 4.79 Å². The molecule has 3 fully saturated rings. The van der Waals surface area contributed by atoms with Gasteiger partial charge in [0.15, 0.2) is 12.5 Å². The van der Waals surface area contributed by atoms with Crippen LogP contribution in [0.3, 0.4) is 0 Å². The number of nitrogens with zero attached hydrogens (tertiary/aromatic N) is 2. The summed E-state index contributed by atoms with van der Waals surface area (Å²) in [5, 5.41) is 23.9. The lowest BCUT2D eigenvalue weighted by Crippen LogP contribution is -2.64. The Labute approximate surface area is 430 Å². The van der Waals surface area contributed by atoms with Crippen LogP contribution in [0, 0.1) is 11.8 Å². The molecule has 2 aromatic carbocycles. The standard InChI is InChI=1S/C23H34N3O9P.C23H32N3O9P.2CH4/c2*1-14(2)33-20(29)15(3)13-36(31,35-16-8-6-5-7-9-16)32-12-17-19(28)23(4,24)21(34-17)26-11-10-18(27)25-22(26)30;;/h5-9,14-15,17,19,21,28H,10-13,24H2,1-4H3,(H,25,27,30);5-11,14-15,17,19,21,28H,12-13,24H2,1-4H3,(H,25,27,30);2*1H4/t2*15-,17-,19-,21-,23-,36?;;/m11../s1. The summed E-state index contributed by atoms with van der Waals surface area (Å²) in [5.41, 5.74) is 8.35. The van der Waals surface area contributed by atoms with Gasteiger partial charge in [-0.3, -0.25) is 48.0 Å². The first-order valence-corrected chi connectivity index (χ1v) is 26.6. The van der Waals surface area contributed by atoms with Gasteiger partial charge >= 0.3 is 38.9 Å². The number of H-pyrrole nitrogens is 1. The first-order chi connectivity index (χ1) is 33.6. The Bertz CT molecular complexity index is 2560. The number of nitrogens with two attached hydrogens (primary N) is 2. The Morgan fingerprint density at radius 1 is 0.716 bits per heavy atom. The number of carbonyl (C=O) groups is 4. The summed E-state index contributed by atoms with van der Waals surface area (Å²) in [7, 11) is -7.93. The van der Waals surface area contributed by atoms with Crippen molar-refractivity contribution >= 4 is 39.1 Å². The highest BCUT2D eigenvalue weighted by Crippen LogP contribution is 2.52. The number of amides is 3. The molecule has 4 heterocycles. The number of para-hydroxylation sites is 2. The van der Waals surface area contributed by atoms with Crippen molar-refractivity contribution in [2.75, 3.05) is 32.1 Å². The lowest BCUT2D eigenvalue weighted by atomic mass is 9.93. The van der Waals surface area contributed by atoms with Gasteiger partial charge in [0.2, 0.25) is 5.91 Å². The van der Waals surface area contributed by atoms with Crippen LogP contribution in [0.25, 0.3) is 0 Å². The first kappa shape index (κ1) is 63.0. The monoisotopic (exact) mass is 1080 g/mol. The molecule has 0 spiro atoms. The highest BCUT2D eigenvalue weighted by Gasteiger charge is 2.56. The minimum absolute atomic E-state index is 0. The largest absolute Gasteiger partial charge is 0.463 e. The molecule has 6 rings (SSSR count). The van der Waals surface area contributed by atoms with Gasteiger partial charge in [0, 0.05) is 25.2 Å². The van der Waals surface area contributed by atoms with Gasteiger partial charge in [-0.05, 0) is 65.8 Å². The lowest BCUT2D eigenvalue weighted by molar-refractivity contribution is -0.152. The van der Waals surface area contributed by atoms with E-state index in [1.165, 1.54) is 24.9 Å². The first-order valence-electron chi connectivity index (χ1n) is 23.2. The summed E-state index contributed by atoms with van der Waals surface area (Å²) >= 11 is 0. The average Bonchev–Trinajstić information content (AvgIpc) is 3.66. The van der Waals surface area contributed by atoms with E-state index in [0.29, 0.717) is 0 Å². The number of benzene rings is 2. The fourth-order valence-corrected chi connectivity index (χ4v) is 11.5. The summed E-state index contributed by atoms with van der Waals surface area (Å²) in [6.07, 6.45) is -7.04. The summed E-state index contributed by atoms with van der Waals surface area (Å²) in [6.45, 7) is 12.2. The third kappa shape index (κ3) is 16.4. The Balaban J connectivity index is 0.000000380. The highest BCUT2D eigenvalue weighted by atomic mass is 31.2. The molecule has 3 saturated heterocycles. The van der Waals surface area contributed by atoms with Crippen molar-refractivity contribution in [2.45, 2.75) is 137 Å². The lowest BCUT2D eigenvalue weighted by Gasteiger charge is -2.38. The van der Waals surface area contributed by atoms with E-state index in [4.69, 9.17) is 48.5 Å². The maximum Gasteiger partial charge on any atom is 0.380 e. The number of nitrogens with one attached hydrogen (secondary N) is 2. The van der Waals surface area contributed by atoms with Crippen molar-refractivity contribution in [2.24, 2.45) is 23.3 Å². The third-order valence-corrected chi connectivity index (χ3v) is 15.5. The molecule has 3 aliphatic rings. The van der Waals surface area contributed by atoms with E-state index >= 15 is 0 Å². The van der Waals surface area contributed by atoms with Crippen LogP contribution in [-0.4, -0.2) is 135 Å². The number of aliphatic hydroxyl groups is 2. The normalized spacial score (nSPS) is 26.9. The van der Waals surface area contributed by atoms with Crippen molar-refractivity contribution < 1.29 is 75.6 Å². The Kier molecular flexibility index (Phi) is 22.6. The van der Waals surface area contributed by atoms with Crippen LogP contribution in [0.15, 0.2) is 82.5 Å². The molecule has 0 radical (unpaired) electrons. The molecular weight excluding hydrogens is 1010 g/mol. The summed E-state index contributed by atoms with van der Waals surface area (Å²) in [4.78, 5) is 75.5. The van der Waals surface area contributed by atoms with Crippen LogP contribution in [0.2, 0.25) is 0 Å². The molecule has 12 atom stereocenters. The quantitative estimate of drug-likeness (QED) is 0.0679. The Morgan fingerprint density at radius 2 is 1.14 bits per heavy atom. The smallest absolute Gasteiger partial charge is 0.380 e. The number of carbonyl (C=O) groups excluding carboxylic acids is 4. The number of imide groups is 1. The van der Waals surface area contributed by atoms with Crippen molar-refractivity contribution in [3.8, 4) is 11.5 Å². The number of aromatic nitrogens is 2. The number of aliphatic hydroxyl groups excluding tert-OH is 2. The predicted molar refractivity (Wildman–Crippen MR) is 271 cm³/mol. The van der Waals surface area contributed by atoms with E-state index in [0.717, 1.165) is 10.6 Å². The van der Waals surface area contributed by atoms with Crippen LogP contribution >= 0.6 is 15.2 Å². The van der Waals surface area contributed by atoms with E-state index in [9.17, 15) is 48.1 Å². The van der Waals surface area contributed by atoms with Crippen molar-refractivity contribution in [3.63, 3.8) is 0 Å². The second-order valence-electron chi connectivity index (χ2n) is 18.8. The predicted octanol–water partition coefficient (Wildman–Crippen LogP) is 4.27. The number of rotatable bonds is 20. The summed E-state index contributed by atoms with van der Waals surface area (Å²) < 4.78 is 73.4. The molecular formula is C48H74N6O18P2. The molecule has 26 heteroatoms. The summed E-state index contributed by atoms with van der Waals surface area (Å²) in [5.74, 6) is -2.62. The van der Waals surface area contributed by atoms with Crippen LogP contribution < -0.4 is 37.1 Å². The minimum Gasteiger partial charge on any atom is -0.463 e. The van der Waals surface area contributed by atoms with Gasteiger partial charge in [-0.1, -0.05) is 65.1 Å². The van der Waals surface area contributed by atoms with Gasteiger partial charge in [0.1, 0.15) is 35.9 Å². The molecule has 8 N–H and O–H groups in total. The molecule has 414 valence electrons. The van der Waals surface area contributed by atoms with Gasteiger partial charge < -0.3 is 49.7 Å². The van der Waals surface area contributed by atoms with Crippen LogP contribution in [0.1, 0.15) is 82.9 Å². The topological polar surface area (TPSA) is 339 Å². The Morgan fingerprint density at radius 3 is 1.54 bits per heavy atom. The maximum atomic E-state index is 13.7. The van der Waals surface area contributed by atoms with Crippen molar-refractivity contribution in [3.05, 3.63) is 93.8 Å². The van der Waals surface area contributed by atoms with Gasteiger partial charge in [-0.25, -0.2) is 18.7 Å². The zero-order chi connectivity index (χ0) is 53.3. The SMILES string of the molecule is C.C.CC(C)OC(=O)[C@H](C)CP(=O)(OC[C@H]1O[C@@H](N2CCC(=O)NC2=O)[C@](C)(N)[C@@H]1O)Oc1ccccc1.CC(C)OC(=O)[C@H](C)CP(=O)(OC[C@H]1O[C@@H](n2ccc(=O)[nH]c2=O)[C@](C)(N)[C@@H]1O)Oc1ccccc1. The molecule has 3 aromatic rings. The second kappa shape index (κ2) is 26.5. The fourth-order valence-electron chi connectivity index (χ4n) is 7.72. The molecule has 24 nitrogen and oxygen atoms in total. The minimum atomic E-state index is -3.97. The molecule has 2 unspecified atom stereocenters. The third-order valence-electron chi connectivity index (χ3n) is 11.5. The molecule has 1 aromatic heterocycles. The zero-order valence-corrected chi connectivity index (χ0v) is 43.1. The highest BCUT2D eigenvalue weighted by molar-refractivity contribution is 7.54. The maximum absolute atomic E-state index is 13.7. The number of hydrogen-bond acceptors (Lipinski definition) is 20. The van der Waals surface area contributed by atoms with E-state index in [1.807, 2.05) is 0 Å². The van der Waals surface area contributed by atoms with E-state index < -0.39 is 123 Å². The van der Waals surface area contributed by atoms with Crippen LogP contribution in [-0.2, 0) is 51.5 Å². The second-order valence-corrected chi connectivity index (χ2v) is 22.8. The van der Waals surface area contributed by atoms with E-state index in [1.54, 1.807) is 102 Å². The number of aromatic amines is 1. The molecule has 0 aliphatic carbocycles. The van der Waals surface area contributed by atoms with Crippen LogP contribution in [0.5, 0.6) is 11.5 Å². The van der Waals surface area contributed by atoms with Gasteiger partial charge in [0.25, 0.3) is 5.56 Å². The molecule has 3 aliphatic heterocycles. The number of urea groups is 1. The molecule has 0 bridgehead atoms. The zero-order valence-electron chi connectivity index (χ0n) is 41.3. The van der Waals surface area contributed by atoms with E-state index in [2.05, 4.69) is 10.3 Å². The van der Waals surface area contributed by atoms with E-state index in [-0.39, 0.29) is 63.8 Å². The number of esters is 2. The van der Waals surface area contributed by atoms with Gasteiger partial charge in [-0.2, -0.15) is 0 Å². The number of hydrogen-bond donors (Lipinski definition) is 6. The Hall–Kier alpha value is -5.26. The molecule has 0 saturated carbocycles. The molecule has 3 amide bonds. The van der Waals surface area contributed by atoms with Gasteiger partial charge in [0.05, 0.1) is 60.7 Å². The number of ether oxygens (including phenoxy) is 4. The summed E-state index contributed by atoms with van der Waals surface area (Å²) in [6, 6.07) is 17.1. The van der Waals surface area contributed by atoms with Gasteiger partial charge in [-0.15, -0.1) is 0 Å². The fraction of sp³-hybridized carbons (Fsp3) is 0.583.